The molecule has 1 fully saturated rings. The topological polar surface area (TPSA) is 86.7 Å². The van der Waals surface area contributed by atoms with Crippen LogP contribution in [-0.4, -0.2) is 23.0 Å². The second kappa shape index (κ2) is 7.59. The molecule has 3 rings (SSSR count). The summed E-state index contributed by atoms with van der Waals surface area (Å²) in [6.07, 6.45) is 3.46. The minimum atomic E-state index is -0.807. The van der Waals surface area contributed by atoms with Crippen molar-refractivity contribution in [2.45, 2.75) is 6.42 Å². The van der Waals surface area contributed by atoms with Crippen LogP contribution in [0.3, 0.4) is 0 Å². The molecule has 2 N–H and O–H groups in total. The lowest BCUT2D eigenvalue weighted by molar-refractivity contribution is -0.122. The van der Waals surface area contributed by atoms with Gasteiger partial charge in [-0.1, -0.05) is 34.1 Å². The van der Waals surface area contributed by atoms with E-state index in [1.807, 2.05) is 0 Å². The van der Waals surface area contributed by atoms with E-state index >= 15 is 0 Å². The van der Waals surface area contributed by atoms with Crippen LogP contribution in [0.1, 0.15) is 11.1 Å². The van der Waals surface area contributed by atoms with Crippen molar-refractivity contribution >= 4 is 45.5 Å². The zero-order chi connectivity index (χ0) is 19.6. The lowest BCUT2D eigenvalue weighted by Gasteiger charge is -2.26. The Morgan fingerprint density at radius 2 is 1.93 bits per heavy atom. The highest BCUT2D eigenvalue weighted by atomic mass is 79.9. The Balaban J connectivity index is 2.02. The molecule has 6 nitrogen and oxygen atoms in total. The van der Waals surface area contributed by atoms with Crippen molar-refractivity contribution in [3.8, 4) is 5.75 Å². The van der Waals surface area contributed by atoms with Gasteiger partial charge >= 0.3 is 6.03 Å². The molecule has 2 aromatic carbocycles. The number of aromatic hydroxyl groups is 1. The molecule has 1 saturated heterocycles. The second-order valence-corrected chi connectivity index (χ2v) is 6.73. The van der Waals surface area contributed by atoms with Crippen molar-refractivity contribution in [3.63, 3.8) is 0 Å². The van der Waals surface area contributed by atoms with Crippen molar-refractivity contribution in [3.05, 3.63) is 76.3 Å². The standard InChI is InChI=1S/C20H15BrN2O4/c1-2-4-13-9-12(7-8-17(13)24)10-16-18(25)22-20(27)23(19(16)26)15-6-3-5-14(21)11-15/h2-3,5-11,24H,1,4H2,(H,22,25,27)/b16-10+. The Morgan fingerprint density at radius 3 is 2.63 bits per heavy atom. The van der Waals surface area contributed by atoms with Gasteiger partial charge in [-0.05, 0) is 54.0 Å². The maximum atomic E-state index is 12.8. The van der Waals surface area contributed by atoms with Crippen molar-refractivity contribution in [2.24, 2.45) is 0 Å². The largest absolute Gasteiger partial charge is 0.508 e. The number of benzene rings is 2. The van der Waals surface area contributed by atoms with E-state index in [4.69, 9.17) is 0 Å². The lowest BCUT2D eigenvalue weighted by atomic mass is 10.0. The number of allylic oxidation sites excluding steroid dienone is 1. The number of nitrogens with one attached hydrogen (secondary N) is 1. The number of phenols is 1. The molecular weight excluding hydrogens is 412 g/mol. The summed E-state index contributed by atoms with van der Waals surface area (Å²) in [4.78, 5) is 38.2. The van der Waals surface area contributed by atoms with E-state index in [-0.39, 0.29) is 11.3 Å². The van der Waals surface area contributed by atoms with Crippen LogP contribution in [0.4, 0.5) is 10.5 Å². The van der Waals surface area contributed by atoms with Crippen molar-refractivity contribution in [1.82, 2.24) is 5.32 Å². The molecule has 2 aromatic rings. The van der Waals surface area contributed by atoms with E-state index in [9.17, 15) is 19.5 Å². The highest BCUT2D eigenvalue weighted by Gasteiger charge is 2.36. The van der Waals surface area contributed by atoms with Gasteiger partial charge in [-0.2, -0.15) is 0 Å². The third-order valence-corrected chi connectivity index (χ3v) is 4.44. The number of rotatable bonds is 4. The number of carbonyl (C=O) groups excluding carboxylic acids is 3. The van der Waals surface area contributed by atoms with Gasteiger partial charge in [0.1, 0.15) is 11.3 Å². The van der Waals surface area contributed by atoms with E-state index in [2.05, 4.69) is 27.8 Å². The first-order valence-corrected chi connectivity index (χ1v) is 8.80. The van der Waals surface area contributed by atoms with Gasteiger partial charge in [0, 0.05) is 4.47 Å². The fourth-order valence-corrected chi connectivity index (χ4v) is 3.08. The maximum absolute atomic E-state index is 12.8. The molecule has 0 aliphatic carbocycles. The fourth-order valence-electron chi connectivity index (χ4n) is 2.69. The summed E-state index contributed by atoms with van der Waals surface area (Å²) < 4.78 is 0.690. The van der Waals surface area contributed by atoms with Gasteiger partial charge in [0.15, 0.2) is 0 Å². The zero-order valence-electron chi connectivity index (χ0n) is 14.1. The molecule has 1 heterocycles. The average Bonchev–Trinajstić information content (AvgIpc) is 2.61. The van der Waals surface area contributed by atoms with Crippen LogP contribution in [0.5, 0.6) is 5.75 Å². The van der Waals surface area contributed by atoms with Crippen LogP contribution in [-0.2, 0) is 16.0 Å². The minimum absolute atomic E-state index is 0.0995. The lowest BCUT2D eigenvalue weighted by Crippen LogP contribution is -2.54. The monoisotopic (exact) mass is 426 g/mol. The Labute approximate surface area is 163 Å². The summed E-state index contributed by atoms with van der Waals surface area (Å²) in [5.41, 5.74) is 1.32. The number of nitrogens with zero attached hydrogens (tertiary/aromatic N) is 1. The van der Waals surface area contributed by atoms with Gasteiger partial charge in [-0.3, -0.25) is 14.9 Å². The minimum Gasteiger partial charge on any atom is -0.508 e. The normalized spacial score (nSPS) is 15.8. The Kier molecular flexibility index (Phi) is 5.23. The van der Waals surface area contributed by atoms with Gasteiger partial charge in [0.2, 0.25) is 0 Å². The molecule has 0 saturated carbocycles. The van der Waals surface area contributed by atoms with Crippen molar-refractivity contribution in [1.29, 1.82) is 0 Å². The predicted octanol–water partition coefficient (Wildman–Crippen LogP) is 3.55. The Hall–Kier alpha value is -3.19. The average molecular weight is 427 g/mol. The molecule has 4 amide bonds. The number of amides is 4. The summed E-state index contributed by atoms with van der Waals surface area (Å²) in [5, 5.41) is 12.0. The molecule has 0 radical (unpaired) electrons. The van der Waals surface area contributed by atoms with E-state index in [1.54, 1.807) is 42.5 Å². The van der Waals surface area contributed by atoms with Crippen LogP contribution < -0.4 is 10.2 Å². The van der Waals surface area contributed by atoms with Gasteiger partial charge in [-0.15, -0.1) is 6.58 Å². The molecule has 0 spiro atoms. The van der Waals surface area contributed by atoms with Gasteiger partial charge in [0.05, 0.1) is 5.69 Å². The highest BCUT2D eigenvalue weighted by Crippen LogP contribution is 2.26. The maximum Gasteiger partial charge on any atom is 0.335 e. The molecule has 0 bridgehead atoms. The van der Waals surface area contributed by atoms with Crippen molar-refractivity contribution in [2.75, 3.05) is 4.90 Å². The van der Waals surface area contributed by atoms with Crippen molar-refractivity contribution < 1.29 is 19.5 Å². The van der Waals surface area contributed by atoms with E-state index < -0.39 is 17.8 Å². The highest BCUT2D eigenvalue weighted by molar-refractivity contribution is 9.10. The number of anilines is 1. The number of halogens is 1. The molecular formula is C20H15BrN2O4. The Morgan fingerprint density at radius 1 is 1.15 bits per heavy atom. The summed E-state index contributed by atoms with van der Waals surface area (Å²) in [5.74, 6) is -1.39. The molecule has 136 valence electrons. The number of imide groups is 2. The molecule has 1 aliphatic heterocycles. The van der Waals surface area contributed by atoms with E-state index in [0.717, 1.165) is 4.90 Å². The Bertz CT molecular complexity index is 997. The molecule has 0 unspecified atom stereocenters. The molecule has 0 aromatic heterocycles. The number of urea groups is 1. The summed E-state index contributed by atoms with van der Waals surface area (Å²) >= 11 is 3.30. The van der Waals surface area contributed by atoms with Gasteiger partial charge in [0.25, 0.3) is 11.8 Å². The summed E-state index contributed by atoms with van der Waals surface area (Å²) in [7, 11) is 0. The smallest absolute Gasteiger partial charge is 0.335 e. The van der Waals surface area contributed by atoms with Gasteiger partial charge in [-0.25, -0.2) is 9.69 Å². The first-order valence-electron chi connectivity index (χ1n) is 8.00. The number of phenolic OH excluding ortho intramolecular Hbond substituents is 1. The summed E-state index contributed by atoms with van der Waals surface area (Å²) in [6, 6.07) is 10.6. The van der Waals surface area contributed by atoms with Crippen LogP contribution in [0, 0.1) is 0 Å². The quantitative estimate of drug-likeness (QED) is 0.444. The van der Waals surface area contributed by atoms with Crippen LogP contribution in [0.25, 0.3) is 6.08 Å². The summed E-state index contributed by atoms with van der Waals surface area (Å²) in [6.45, 7) is 3.63. The third kappa shape index (κ3) is 3.83. The van der Waals surface area contributed by atoms with E-state index in [1.165, 1.54) is 12.1 Å². The van der Waals surface area contributed by atoms with Crippen LogP contribution >= 0.6 is 15.9 Å². The third-order valence-electron chi connectivity index (χ3n) is 3.95. The molecule has 7 heteroatoms. The van der Waals surface area contributed by atoms with Crippen LogP contribution in [0.15, 0.2) is 65.2 Å². The zero-order valence-corrected chi connectivity index (χ0v) is 15.7. The van der Waals surface area contributed by atoms with Crippen LogP contribution in [0.2, 0.25) is 0 Å². The number of barbiturate groups is 1. The fraction of sp³-hybridized carbons (Fsp3) is 0.0500. The number of carbonyl (C=O) groups is 3. The van der Waals surface area contributed by atoms with E-state index in [0.29, 0.717) is 27.7 Å². The van der Waals surface area contributed by atoms with Gasteiger partial charge < -0.3 is 5.11 Å². The first kappa shape index (κ1) is 18.6. The number of hydrogen-bond donors (Lipinski definition) is 2. The first-order chi connectivity index (χ1) is 12.9. The number of hydrogen-bond acceptors (Lipinski definition) is 4. The predicted molar refractivity (Wildman–Crippen MR) is 105 cm³/mol. The molecule has 27 heavy (non-hydrogen) atoms. The second-order valence-electron chi connectivity index (χ2n) is 5.82. The molecule has 0 atom stereocenters. The SMILES string of the molecule is C=CCc1cc(/C=C2\C(=O)NC(=O)N(c3cccc(Br)c3)C2=O)ccc1O. The molecule has 1 aliphatic rings.